The molecule has 0 aliphatic rings. The van der Waals surface area contributed by atoms with Gasteiger partial charge in [-0.2, -0.15) is 0 Å². The van der Waals surface area contributed by atoms with Crippen LogP contribution in [0.15, 0.2) is 72.9 Å². The van der Waals surface area contributed by atoms with Gasteiger partial charge in [0.05, 0.1) is 12.7 Å². The van der Waals surface area contributed by atoms with E-state index in [4.69, 9.17) is 4.74 Å². The number of carbonyl (C=O) groups excluding carboxylic acids is 1. The fraction of sp³-hybridized carbons (Fsp3) is 0.182. The number of carbonyl (C=O) groups is 1. The summed E-state index contributed by atoms with van der Waals surface area (Å²) in [5.74, 6) is 1.46. The van der Waals surface area contributed by atoms with Gasteiger partial charge < -0.3 is 15.0 Å². The van der Waals surface area contributed by atoms with Crippen LogP contribution in [0, 0.1) is 0 Å². The summed E-state index contributed by atoms with van der Waals surface area (Å²) in [6.45, 7) is 3.20. The van der Waals surface area contributed by atoms with Gasteiger partial charge in [-0.3, -0.25) is 4.79 Å². The van der Waals surface area contributed by atoms with E-state index in [9.17, 15) is 4.79 Å². The number of anilines is 2. The van der Waals surface area contributed by atoms with Crippen molar-refractivity contribution in [3.8, 4) is 5.75 Å². The summed E-state index contributed by atoms with van der Waals surface area (Å²) in [6, 6.07) is 21.2. The fourth-order valence-electron chi connectivity index (χ4n) is 2.73. The third kappa shape index (κ3) is 4.85. The topological polar surface area (TPSA) is 54.5 Å². The van der Waals surface area contributed by atoms with Crippen molar-refractivity contribution in [1.82, 2.24) is 9.88 Å². The first-order chi connectivity index (χ1) is 13.2. The molecule has 0 saturated heterocycles. The van der Waals surface area contributed by atoms with Crippen LogP contribution in [0.1, 0.15) is 22.8 Å². The second-order valence-corrected chi connectivity index (χ2v) is 6.09. The van der Waals surface area contributed by atoms with Crippen molar-refractivity contribution in [2.75, 3.05) is 19.0 Å². The van der Waals surface area contributed by atoms with E-state index < -0.39 is 0 Å². The Balaban J connectivity index is 1.66. The van der Waals surface area contributed by atoms with E-state index in [1.54, 1.807) is 19.4 Å². The van der Waals surface area contributed by atoms with E-state index in [2.05, 4.69) is 10.3 Å². The lowest BCUT2D eigenvalue weighted by molar-refractivity contribution is 0.0752. The van der Waals surface area contributed by atoms with Crippen molar-refractivity contribution in [1.29, 1.82) is 0 Å². The van der Waals surface area contributed by atoms with Crippen molar-refractivity contribution in [3.63, 3.8) is 0 Å². The molecule has 3 rings (SSSR count). The summed E-state index contributed by atoms with van der Waals surface area (Å²) in [5.41, 5.74) is 2.59. The molecule has 0 bridgehead atoms. The molecule has 2 aromatic carbocycles. The molecule has 0 aliphatic heterocycles. The molecule has 138 valence electrons. The standard InChI is InChI=1S/C22H23N3O2/c1-3-25(16-17-7-5-4-6-8-17)22(26)18-9-14-21(23-15-18)24-19-10-12-20(27-2)13-11-19/h4-15H,3,16H2,1-2H3,(H,23,24). The molecule has 1 aromatic heterocycles. The van der Waals surface area contributed by atoms with E-state index in [0.29, 0.717) is 24.5 Å². The number of methoxy groups -OCH3 is 1. The molecule has 0 spiro atoms. The fourth-order valence-corrected chi connectivity index (χ4v) is 2.73. The first kappa shape index (κ1) is 18.5. The Kier molecular flexibility index (Phi) is 6.05. The van der Waals surface area contributed by atoms with Crippen molar-refractivity contribution in [2.45, 2.75) is 13.5 Å². The third-order valence-electron chi connectivity index (χ3n) is 4.26. The number of rotatable bonds is 7. The summed E-state index contributed by atoms with van der Waals surface area (Å²) in [7, 11) is 1.64. The molecule has 0 radical (unpaired) electrons. The lowest BCUT2D eigenvalue weighted by Gasteiger charge is -2.21. The molecular formula is C22H23N3O2. The van der Waals surface area contributed by atoms with Gasteiger partial charge in [-0.1, -0.05) is 30.3 Å². The number of amides is 1. The van der Waals surface area contributed by atoms with Crippen molar-refractivity contribution in [2.24, 2.45) is 0 Å². The smallest absolute Gasteiger partial charge is 0.255 e. The Morgan fingerprint density at radius 2 is 1.78 bits per heavy atom. The number of nitrogens with one attached hydrogen (secondary N) is 1. The highest BCUT2D eigenvalue weighted by Crippen LogP contribution is 2.19. The van der Waals surface area contributed by atoms with Gasteiger partial charge >= 0.3 is 0 Å². The molecule has 27 heavy (non-hydrogen) atoms. The van der Waals surface area contributed by atoms with E-state index in [-0.39, 0.29) is 5.91 Å². The molecule has 1 N–H and O–H groups in total. The van der Waals surface area contributed by atoms with E-state index in [0.717, 1.165) is 17.0 Å². The summed E-state index contributed by atoms with van der Waals surface area (Å²) in [4.78, 5) is 19.0. The SMILES string of the molecule is CCN(Cc1ccccc1)C(=O)c1ccc(Nc2ccc(OC)cc2)nc1. The predicted octanol–water partition coefficient (Wildman–Crippen LogP) is 4.50. The Labute approximate surface area is 159 Å². The van der Waals surface area contributed by atoms with Crippen molar-refractivity contribution >= 4 is 17.4 Å². The number of hydrogen-bond acceptors (Lipinski definition) is 4. The van der Waals surface area contributed by atoms with E-state index >= 15 is 0 Å². The van der Waals surface area contributed by atoms with Crippen LogP contribution in [-0.4, -0.2) is 29.4 Å². The minimum Gasteiger partial charge on any atom is -0.497 e. The highest BCUT2D eigenvalue weighted by atomic mass is 16.5. The van der Waals surface area contributed by atoms with Crippen molar-refractivity contribution < 1.29 is 9.53 Å². The number of ether oxygens (including phenoxy) is 1. The molecular weight excluding hydrogens is 338 g/mol. The molecule has 0 fully saturated rings. The zero-order chi connectivity index (χ0) is 19.1. The van der Waals surface area contributed by atoms with Gasteiger partial charge in [0.25, 0.3) is 5.91 Å². The number of nitrogens with zero attached hydrogens (tertiary/aromatic N) is 2. The summed E-state index contributed by atoms with van der Waals surface area (Å²) < 4.78 is 5.15. The average molecular weight is 361 g/mol. The first-order valence-electron chi connectivity index (χ1n) is 8.90. The molecule has 0 aliphatic carbocycles. The van der Waals surface area contributed by atoms with Gasteiger partial charge in [0, 0.05) is 25.0 Å². The van der Waals surface area contributed by atoms with Crippen LogP contribution in [0.2, 0.25) is 0 Å². The van der Waals surface area contributed by atoms with E-state index in [1.165, 1.54) is 0 Å². The molecule has 0 saturated carbocycles. The third-order valence-corrected chi connectivity index (χ3v) is 4.26. The van der Waals surface area contributed by atoms with Crippen LogP contribution in [0.4, 0.5) is 11.5 Å². The highest BCUT2D eigenvalue weighted by molar-refractivity contribution is 5.94. The monoisotopic (exact) mass is 361 g/mol. The Morgan fingerprint density at radius 1 is 1.04 bits per heavy atom. The lowest BCUT2D eigenvalue weighted by Crippen LogP contribution is -2.30. The minimum atomic E-state index is -0.0233. The maximum atomic E-state index is 12.8. The van der Waals surface area contributed by atoms with Crippen LogP contribution in [0.25, 0.3) is 0 Å². The van der Waals surface area contributed by atoms with Crippen LogP contribution in [-0.2, 0) is 6.54 Å². The summed E-state index contributed by atoms with van der Waals surface area (Å²) in [6.07, 6.45) is 1.61. The molecule has 5 nitrogen and oxygen atoms in total. The van der Waals surface area contributed by atoms with Crippen LogP contribution >= 0.6 is 0 Å². The number of pyridine rings is 1. The van der Waals surface area contributed by atoms with Gasteiger partial charge in [0.15, 0.2) is 0 Å². The summed E-state index contributed by atoms with van der Waals surface area (Å²) in [5, 5.41) is 3.21. The average Bonchev–Trinajstić information content (AvgIpc) is 2.73. The second kappa shape index (κ2) is 8.85. The van der Waals surface area contributed by atoms with Crippen molar-refractivity contribution in [3.05, 3.63) is 84.1 Å². The molecule has 1 heterocycles. The zero-order valence-electron chi connectivity index (χ0n) is 15.6. The Bertz CT molecular complexity index is 862. The minimum absolute atomic E-state index is 0.0233. The molecule has 0 unspecified atom stereocenters. The van der Waals surface area contributed by atoms with Gasteiger partial charge in [0.2, 0.25) is 0 Å². The second-order valence-electron chi connectivity index (χ2n) is 6.09. The highest BCUT2D eigenvalue weighted by Gasteiger charge is 2.15. The Hall–Kier alpha value is -3.34. The van der Waals surface area contributed by atoms with Gasteiger partial charge in [-0.15, -0.1) is 0 Å². The largest absolute Gasteiger partial charge is 0.497 e. The number of hydrogen-bond donors (Lipinski definition) is 1. The number of aromatic nitrogens is 1. The maximum absolute atomic E-state index is 12.8. The van der Waals surface area contributed by atoms with Gasteiger partial charge in [0.1, 0.15) is 11.6 Å². The zero-order valence-corrected chi connectivity index (χ0v) is 15.6. The van der Waals surface area contributed by atoms with E-state index in [1.807, 2.05) is 72.5 Å². The Morgan fingerprint density at radius 3 is 2.37 bits per heavy atom. The first-order valence-corrected chi connectivity index (χ1v) is 8.90. The van der Waals surface area contributed by atoms with Crippen LogP contribution < -0.4 is 10.1 Å². The normalized spacial score (nSPS) is 10.3. The quantitative estimate of drug-likeness (QED) is 0.673. The molecule has 5 heteroatoms. The molecule has 0 atom stereocenters. The molecule has 1 amide bonds. The van der Waals surface area contributed by atoms with Gasteiger partial charge in [-0.05, 0) is 48.9 Å². The maximum Gasteiger partial charge on any atom is 0.255 e. The lowest BCUT2D eigenvalue weighted by atomic mass is 10.2. The van der Waals surface area contributed by atoms with Gasteiger partial charge in [-0.25, -0.2) is 4.98 Å². The van der Waals surface area contributed by atoms with Crippen LogP contribution in [0.3, 0.4) is 0 Å². The molecule has 3 aromatic rings. The number of benzene rings is 2. The van der Waals surface area contributed by atoms with Crippen LogP contribution in [0.5, 0.6) is 5.75 Å². The summed E-state index contributed by atoms with van der Waals surface area (Å²) >= 11 is 0. The predicted molar refractivity (Wildman–Crippen MR) is 107 cm³/mol.